The summed E-state index contributed by atoms with van der Waals surface area (Å²) in [5, 5.41) is 6.25. The van der Waals surface area contributed by atoms with Crippen LogP contribution in [0.25, 0.3) is 0 Å². The predicted molar refractivity (Wildman–Crippen MR) is 60.6 cm³/mol. The van der Waals surface area contributed by atoms with Crippen LogP contribution in [0.4, 0.5) is 18.3 Å². The van der Waals surface area contributed by atoms with E-state index in [0.29, 0.717) is 28.3 Å². The van der Waals surface area contributed by atoms with Crippen molar-refractivity contribution in [2.24, 2.45) is 5.92 Å². The van der Waals surface area contributed by atoms with Gasteiger partial charge in [0.2, 0.25) is 10.1 Å². The highest BCUT2D eigenvalue weighted by molar-refractivity contribution is 7.15. The van der Waals surface area contributed by atoms with Crippen molar-refractivity contribution in [2.75, 3.05) is 23.9 Å². The Balaban J connectivity index is 2.02. The van der Waals surface area contributed by atoms with E-state index in [1.54, 1.807) is 0 Å². The standard InChI is InChI=1S/C9H11ClF3N3S/c10-3-1-6-2-4-16(5-6)8-15-14-7(17-8)9(11,12)13/h6H,1-5H2. The fourth-order valence-electron chi connectivity index (χ4n) is 1.85. The van der Waals surface area contributed by atoms with Gasteiger partial charge in [-0.1, -0.05) is 11.3 Å². The van der Waals surface area contributed by atoms with Crippen LogP contribution in [-0.2, 0) is 6.18 Å². The van der Waals surface area contributed by atoms with E-state index in [-0.39, 0.29) is 0 Å². The molecule has 0 spiro atoms. The number of aromatic nitrogens is 2. The first-order valence-corrected chi connectivity index (χ1v) is 6.57. The summed E-state index contributed by atoms with van der Waals surface area (Å²) < 4.78 is 37.1. The molecule has 1 aliphatic rings. The molecule has 8 heteroatoms. The molecule has 1 fully saturated rings. The van der Waals surface area contributed by atoms with E-state index in [1.807, 2.05) is 4.90 Å². The largest absolute Gasteiger partial charge is 0.445 e. The van der Waals surface area contributed by atoms with E-state index < -0.39 is 11.2 Å². The summed E-state index contributed by atoms with van der Waals surface area (Å²) in [6, 6.07) is 0. The number of alkyl halides is 4. The minimum Gasteiger partial charge on any atom is -0.346 e. The Kier molecular flexibility index (Phi) is 3.77. The number of halogens is 4. The minimum atomic E-state index is -4.40. The van der Waals surface area contributed by atoms with Gasteiger partial charge in [0.05, 0.1) is 0 Å². The van der Waals surface area contributed by atoms with Gasteiger partial charge in [0.25, 0.3) is 0 Å². The first-order chi connectivity index (χ1) is 8.00. The molecule has 1 unspecified atom stereocenters. The van der Waals surface area contributed by atoms with Gasteiger partial charge in [0, 0.05) is 19.0 Å². The molecule has 2 rings (SSSR count). The van der Waals surface area contributed by atoms with Crippen molar-refractivity contribution in [1.82, 2.24) is 10.2 Å². The summed E-state index contributed by atoms with van der Waals surface area (Å²) in [7, 11) is 0. The van der Waals surface area contributed by atoms with E-state index >= 15 is 0 Å². The molecule has 1 atom stereocenters. The fourth-order valence-corrected chi connectivity index (χ4v) is 2.91. The first-order valence-electron chi connectivity index (χ1n) is 5.22. The van der Waals surface area contributed by atoms with Gasteiger partial charge in [-0.2, -0.15) is 13.2 Å². The number of rotatable bonds is 3. The summed E-state index contributed by atoms with van der Waals surface area (Å²) in [4.78, 5) is 1.85. The van der Waals surface area contributed by atoms with Crippen LogP contribution < -0.4 is 4.90 Å². The van der Waals surface area contributed by atoms with E-state index in [2.05, 4.69) is 10.2 Å². The highest BCUT2D eigenvalue weighted by Crippen LogP contribution is 2.36. The Labute approximate surface area is 106 Å². The highest BCUT2D eigenvalue weighted by Gasteiger charge is 2.36. The zero-order valence-electron chi connectivity index (χ0n) is 8.87. The predicted octanol–water partition coefficient (Wildman–Crippen LogP) is 3.01. The summed E-state index contributed by atoms with van der Waals surface area (Å²) in [6.45, 7) is 1.45. The molecule has 0 saturated carbocycles. The maximum atomic E-state index is 12.4. The summed E-state index contributed by atoms with van der Waals surface area (Å²) in [6.07, 6.45) is -2.55. The zero-order chi connectivity index (χ0) is 12.5. The fraction of sp³-hybridized carbons (Fsp3) is 0.778. The van der Waals surface area contributed by atoms with Gasteiger partial charge < -0.3 is 4.90 Å². The quantitative estimate of drug-likeness (QED) is 0.800. The molecular formula is C9H11ClF3N3S. The smallest absolute Gasteiger partial charge is 0.346 e. The van der Waals surface area contributed by atoms with Gasteiger partial charge in [-0.25, -0.2) is 0 Å². The van der Waals surface area contributed by atoms with Gasteiger partial charge in [-0.05, 0) is 18.8 Å². The van der Waals surface area contributed by atoms with Crippen molar-refractivity contribution in [3.63, 3.8) is 0 Å². The monoisotopic (exact) mass is 285 g/mol. The van der Waals surface area contributed by atoms with Crippen molar-refractivity contribution in [3.05, 3.63) is 5.01 Å². The second-order valence-electron chi connectivity index (χ2n) is 3.97. The molecule has 0 N–H and O–H groups in total. The molecule has 17 heavy (non-hydrogen) atoms. The Bertz CT molecular complexity index is 382. The van der Waals surface area contributed by atoms with Crippen LogP contribution in [0, 0.1) is 5.92 Å². The van der Waals surface area contributed by atoms with Crippen molar-refractivity contribution in [2.45, 2.75) is 19.0 Å². The van der Waals surface area contributed by atoms with Crippen LogP contribution in [-0.4, -0.2) is 29.2 Å². The third kappa shape index (κ3) is 3.01. The number of hydrogen-bond acceptors (Lipinski definition) is 4. The molecule has 0 aromatic carbocycles. The molecule has 2 heterocycles. The van der Waals surface area contributed by atoms with Gasteiger partial charge in [0.1, 0.15) is 0 Å². The highest BCUT2D eigenvalue weighted by atomic mass is 35.5. The second-order valence-corrected chi connectivity index (χ2v) is 5.30. The SMILES string of the molecule is FC(F)(F)c1nnc(N2CCC(CCCl)C2)s1. The minimum absolute atomic E-state index is 0.356. The normalized spacial score (nSPS) is 21.2. The Morgan fingerprint density at radius 2 is 2.18 bits per heavy atom. The van der Waals surface area contributed by atoms with Gasteiger partial charge in [-0.15, -0.1) is 21.8 Å². The molecule has 1 aliphatic heterocycles. The van der Waals surface area contributed by atoms with Crippen molar-refractivity contribution >= 4 is 28.1 Å². The molecule has 96 valence electrons. The molecule has 1 aromatic rings. The Hall–Kier alpha value is -0.560. The molecule has 0 radical (unpaired) electrons. The van der Waals surface area contributed by atoms with Crippen LogP contribution in [0.5, 0.6) is 0 Å². The third-order valence-electron chi connectivity index (χ3n) is 2.73. The second kappa shape index (κ2) is 4.97. The maximum absolute atomic E-state index is 12.4. The molecular weight excluding hydrogens is 275 g/mol. The van der Waals surface area contributed by atoms with E-state index in [4.69, 9.17) is 11.6 Å². The van der Waals surface area contributed by atoms with Gasteiger partial charge in [-0.3, -0.25) is 0 Å². The zero-order valence-corrected chi connectivity index (χ0v) is 10.4. The molecule has 0 aliphatic carbocycles. The topological polar surface area (TPSA) is 29.0 Å². The molecule has 3 nitrogen and oxygen atoms in total. The lowest BCUT2D eigenvalue weighted by atomic mass is 10.1. The third-order valence-corrected chi connectivity index (χ3v) is 3.98. The average Bonchev–Trinajstić information content (AvgIpc) is 2.82. The Morgan fingerprint density at radius 1 is 1.41 bits per heavy atom. The van der Waals surface area contributed by atoms with Gasteiger partial charge >= 0.3 is 6.18 Å². The van der Waals surface area contributed by atoms with Crippen LogP contribution in [0.2, 0.25) is 0 Å². The molecule has 1 saturated heterocycles. The van der Waals surface area contributed by atoms with E-state index in [9.17, 15) is 13.2 Å². The first kappa shape index (κ1) is 12.9. The van der Waals surface area contributed by atoms with Crippen molar-refractivity contribution < 1.29 is 13.2 Å². The van der Waals surface area contributed by atoms with Crippen LogP contribution in [0.3, 0.4) is 0 Å². The van der Waals surface area contributed by atoms with E-state index in [1.165, 1.54) is 0 Å². The van der Waals surface area contributed by atoms with Crippen molar-refractivity contribution in [3.8, 4) is 0 Å². The van der Waals surface area contributed by atoms with Crippen LogP contribution >= 0.6 is 22.9 Å². The summed E-state index contributed by atoms with van der Waals surface area (Å²) in [5.74, 6) is 1.04. The number of hydrogen-bond donors (Lipinski definition) is 0. The lowest BCUT2D eigenvalue weighted by Gasteiger charge is -2.13. The van der Waals surface area contributed by atoms with Crippen molar-refractivity contribution in [1.29, 1.82) is 0 Å². The average molecular weight is 286 g/mol. The van der Waals surface area contributed by atoms with E-state index in [0.717, 1.165) is 25.9 Å². The summed E-state index contributed by atoms with van der Waals surface area (Å²) >= 11 is 6.25. The lowest BCUT2D eigenvalue weighted by molar-refractivity contribution is -0.138. The lowest BCUT2D eigenvalue weighted by Crippen LogP contribution is -2.19. The van der Waals surface area contributed by atoms with Gasteiger partial charge in [0.15, 0.2) is 0 Å². The maximum Gasteiger partial charge on any atom is 0.445 e. The summed E-state index contributed by atoms with van der Waals surface area (Å²) in [5.41, 5.74) is 0. The number of anilines is 1. The molecule has 1 aromatic heterocycles. The number of nitrogens with zero attached hydrogens (tertiary/aromatic N) is 3. The Morgan fingerprint density at radius 3 is 2.76 bits per heavy atom. The molecule has 0 amide bonds. The van der Waals surface area contributed by atoms with Crippen LogP contribution in [0.1, 0.15) is 17.8 Å². The molecule has 0 bridgehead atoms. The van der Waals surface area contributed by atoms with Crippen LogP contribution in [0.15, 0.2) is 0 Å².